The van der Waals surface area contributed by atoms with E-state index < -0.39 is 0 Å². The Bertz CT molecular complexity index is 68.6. The van der Waals surface area contributed by atoms with Crippen molar-refractivity contribution >= 4 is 11.6 Å². The first kappa shape index (κ1) is 5.43. The zero-order valence-electron chi connectivity index (χ0n) is 4.69. The molecule has 0 nitrogen and oxygen atoms in total. The van der Waals surface area contributed by atoms with Gasteiger partial charge < -0.3 is 0 Å². The van der Waals surface area contributed by atoms with Crippen LogP contribution in [0.15, 0.2) is 0 Å². The highest BCUT2D eigenvalue weighted by atomic mass is 35.5. The first-order valence-electron chi connectivity index (χ1n) is 2.71. The van der Waals surface area contributed by atoms with Crippen molar-refractivity contribution in [1.82, 2.24) is 0 Å². The lowest BCUT2D eigenvalue weighted by molar-refractivity contribution is 0.581. The summed E-state index contributed by atoms with van der Waals surface area (Å²) in [4.78, 5) is 0. The van der Waals surface area contributed by atoms with Crippen molar-refractivity contribution in [1.29, 1.82) is 0 Å². The first-order chi connectivity index (χ1) is 3.22. The van der Waals surface area contributed by atoms with Crippen LogP contribution in [0.25, 0.3) is 0 Å². The fourth-order valence-corrected chi connectivity index (χ4v) is 1.20. The predicted octanol–water partition coefficient (Wildman–Crippen LogP) is 2.08. The van der Waals surface area contributed by atoms with Crippen molar-refractivity contribution in [2.24, 2.45) is 11.8 Å². The van der Waals surface area contributed by atoms with Gasteiger partial charge in [-0.1, -0.05) is 13.8 Å². The molecule has 0 aliphatic heterocycles. The van der Waals surface area contributed by atoms with Crippen LogP contribution in [-0.2, 0) is 0 Å². The Hall–Kier alpha value is 0.290. The molecule has 1 aliphatic carbocycles. The van der Waals surface area contributed by atoms with E-state index >= 15 is 0 Å². The van der Waals surface area contributed by atoms with Crippen LogP contribution in [0.1, 0.15) is 13.8 Å². The van der Waals surface area contributed by atoms with Crippen LogP contribution in [0.5, 0.6) is 0 Å². The minimum Gasteiger partial charge on any atom is -0.122 e. The summed E-state index contributed by atoms with van der Waals surface area (Å²) in [6, 6.07) is 0. The average molecular weight is 118 g/mol. The van der Waals surface area contributed by atoms with Crippen molar-refractivity contribution in [2.75, 3.05) is 0 Å². The van der Waals surface area contributed by atoms with Gasteiger partial charge >= 0.3 is 0 Å². The van der Waals surface area contributed by atoms with E-state index in [1.807, 2.05) is 0 Å². The number of rotatable bonds is 1. The number of alkyl halides is 1. The summed E-state index contributed by atoms with van der Waals surface area (Å²) >= 11 is 5.69. The molecule has 0 aromatic rings. The fraction of sp³-hybridized carbons (Fsp3) is 0.833. The highest BCUT2D eigenvalue weighted by Gasteiger charge is 2.37. The molecule has 2 unspecified atom stereocenters. The molecule has 41 valence electrons. The quantitative estimate of drug-likeness (QED) is 0.462. The molecule has 0 N–H and O–H groups in total. The molecular formula is C6H10Cl. The molecule has 1 radical (unpaired) electrons. The van der Waals surface area contributed by atoms with Gasteiger partial charge in [-0.25, -0.2) is 0 Å². The van der Waals surface area contributed by atoms with E-state index in [0.29, 0.717) is 11.3 Å². The normalized spacial score (nSPS) is 39.4. The largest absolute Gasteiger partial charge is 0.122 e. The monoisotopic (exact) mass is 117 g/mol. The van der Waals surface area contributed by atoms with Crippen LogP contribution in [-0.4, -0.2) is 5.38 Å². The average Bonchev–Trinajstić information content (AvgIpc) is 2.17. The molecule has 1 rings (SSSR count). The summed E-state index contributed by atoms with van der Waals surface area (Å²) < 4.78 is 0. The fourth-order valence-electron chi connectivity index (χ4n) is 0.738. The van der Waals surface area contributed by atoms with Gasteiger partial charge in [0.05, 0.1) is 0 Å². The van der Waals surface area contributed by atoms with E-state index in [-0.39, 0.29) is 0 Å². The predicted molar refractivity (Wildman–Crippen MR) is 32.3 cm³/mol. The maximum Gasteiger partial charge on any atom is 0.0404 e. The van der Waals surface area contributed by atoms with E-state index in [4.69, 9.17) is 11.6 Å². The molecule has 1 fully saturated rings. The Kier molecular flexibility index (Phi) is 1.29. The molecule has 0 spiro atoms. The third-order valence-corrected chi connectivity index (χ3v) is 1.84. The van der Waals surface area contributed by atoms with Gasteiger partial charge in [-0.05, 0) is 18.3 Å². The summed E-state index contributed by atoms with van der Waals surface area (Å²) in [6.45, 7) is 4.40. The molecule has 0 heterocycles. The van der Waals surface area contributed by atoms with Gasteiger partial charge in [0.25, 0.3) is 0 Å². The second kappa shape index (κ2) is 1.66. The van der Waals surface area contributed by atoms with E-state index in [0.717, 1.165) is 5.92 Å². The SMILES string of the molecule is CC(C)C1[CH]C1Cl. The molecule has 0 saturated heterocycles. The minimum atomic E-state index is 0.389. The van der Waals surface area contributed by atoms with Gasteiger partial charge in [0, 0.05) is 5.38 Å². The van der Waals surface area contributed by atoms with E-state index in [9.17, 15) is 0 Å². The highest BCUT2D eigenvalue weighted by Crippen LogP contribution is 2.40. The molecule has 1 aliphatic rings. The van der Waals surface area contributed by atoms with Gasteiger partial charge in [0.2, 0.25) is 0 Å². The highest BCUT2D eigenvalue weighted by molar-refractivity contribution is 6.24. The van der Waals surface area contributed by atoms with Crippen molar-refractivity contribution in [3.8, 4) is 0 Å². The van der Waals surface area contributed by atoms with Crippen LogP contribution in [0.2, 0.25) is 0 Å². The van der Waals surface area contributed by atoms with Crippen molar-refractivity contribution in [3.63, 3.8) is 0 Å². The molecule has 0 bridgehead atoms. The minimum absolute atomic E-state index is 0.389. The number of halogens is 1. The summed E-state index contributed by atoms with van der Waals surface area (Å²) in [5, 5.41) is 0.389. The first-order valence-corrected chi connectivity index (χ1v) is 3.14. The van der Waals surface area contributed by atoms with Crippen LogP contribution in [0.4, 0.5) is 0 Å². The van der Waals surface area contributed by atoms with Gasteiger partial charge in [-0.15, -0.1) is 11.6 Å². The Morgan fingerprint density at radius 2 is 2.00 bits per heavy atom. The summed E-state index contributed by atoms with van der Waals surface area (Å²) in [5.74, 6) is 1.46. The van der Waals surface area contributed by atoms with E-state index in [2.05, 4.69) is 20.3 Å². The smallest absolute Gasteiger partial charge is 0.0404 e. The van der Waals surface area contributed by atoms with Gasteiger partial charge in [-0.2, -0.15) is 0 Å². The van der Waals surface area contributed by atoms with Gasteiger partial charge in [-0.3, -0.25) is 0 Å². The second-order valence-corrected chi connectivity index (χ2v) is 2.96. The molecule has 1 saturated carbocycles. The molecule has 1 heteroatoms. The van der Waals surface area contributed by atoms with Crippen LogP contribution in [0.3, 0.4) is 0 Å². The molecule has 0 amide bonds. The topological polar surface area (TPSA) is 0 Å². The van der Waals surface area contributed by atoms with Crippen molar-refractivity contribution in [2.45, 2.75) is 19.2 Å². The number of hydrogen-bond donors (Lipinski definition) is 0. The Morgan fingerprint density at radius 3 is 2.00 bits per heavy atom. The lowest BCUT2D eigenvalue weighted by Gasteiger charge is -1.95. The Morgan fingerprint density at radius 1 is 1.57 bits per heavy atom. The lowest BCUT2D eigenvalue weighted by atomic mass is 10.1. The van der Waals surface area contributed by atoms with Gasteiger partial charge in [0.15, 0.2) is 0 Å². The van der Waals surface area contributed by atoms with E-state index in [1.54, 1.807) is 0 Å². The third kappa shape index (κ3) is 1.09. The maximum atomic E-state index is 5.69. The van der Waals surface area contributed by atoms with Crippen molar-refractivity contribution < 1.29 is 0 Å². The summed E-state index contributed by atoms with van der Waals surface area (Å²) in [7, 11) is 0. The Labute approximate surface area is 49.9 Å². The van der Waals surface area contributed by atoms with Crippen LogP contribution < -0.4 is 0 Å². The number of hydrogen-bond acceptors (Lipinski definition) is 0. The second-order valence-electron chi connectivity index (χ2n) is 2.46. The molecule has 0 aromatic heterocycles. The zero-order valence-corrected chi connectivity index (χ0v) is 5.44. The van der Waals surface area contributed by atoms with Gasteiger partial charge in [0.1, 0.15) is 0 Å². The summed E-state index contributed by atoms with van der Waals surface area (Å²) in [6.07, 6.45) is 2.17. The molecule has 0 aromatic carbocycles. The van der Waals surface area contributed by atoms with E-state index in [1.165, 1.54) is 0 Å². The molecule has 2 atom stereocenters. The molecule has 7 heavy (non-hydrogen) atoms. The zero-order chi connectivity index (χ0) is 5.44. The van der Waals surface area contributed by atoms with Crippen LogP contribution in [0, 0.1) is 18.3 Å². The standard InChI is InChI=1S/C6H10Cl/c1-4(2)5-3-6(5)7/h3-6H,1-2H3. The lowest BCUT2D eigenvalue weighted by Crippen LogP contribution is -1.90. The summed E-state index contributed by atoms with van der Waals surface area (Å²) in [5.41, 5.74) is 0. The Balaban J connectivity index is 2.20. The van der Waals surface area contributed by atoms with Crippen molar-refractivity contribution in [3.05, 3.63) is 6.42 Å². The molecular weight excluding hydrogens is 108 g/mol. The maximum absolute atomic E-state index is 5.69. The third-order valence-electron chi connectivity index (χ3n) is 1.40. The van der Waals surface area contributed by atoms with Crippen LogP contribution >= 0.6 is 11.6 Å².